The van der Waals surface area contributed by atoms with E-state index in [1.54, 1.807) is 0 Å². The first kappa shape index (κ1) is 12.6. The molecule has 0 bridgehead atoms. The van der Waals surface area contributed by atoms with Crippen molar-refractivity contribution in [2.24, 2.45) is 0 Å². The van der Waals surface area contributed by atoms with Crippen LogP contribution in [0.3, 0.4) is 0 Å². The number of nitrogens with one attached hydrogen (secondary N) is 1. The van der Waals surface area contributed by atoms with Gasteiger partial charge in [-0.3, -0.25) is 5.10 Å². The van der Waals surface area contributed by atoms with Crippen LogP contribution < -0.4 is 0 Å². The maximum atomic E-state index is 5.62. The van der Waals surface area contributed by atoms with E-state index in [4.69, 9.17) is 4.74 Å². The van der Waals surface area contributed by atoms with Gasteiger partial charge in [0.25, 0.3) is 0 Å². The van der Waals surface area contributed by atoms with E-state index in [1.807, 2.05) is 60.7 Å². The van der Waals surface area contributed by atoms with E-state index >= 15 is 0 Å². The molecule has 0 radical (unpaired) electrons. The fraction of sp³-hybridized carbons (Fsp3) is 0.125. The van der Waals surface area contributed by atoms with E-state index in [-0.39, 0.29) is 0 Å². The summed E-state index contributed by atoms with van der Waals surface area (Å²) >= 11 is 0. The first-order valence-electron chi connectivity index (χ1n) is 6.50. The highest BCUT2D eigenvalue weighted by Gasteiger charge is 2.05. The van der Waals surface area contributed by atoms with E-state index in [2.05, 4.69) is 15.2 Å². The fourth-order valence-electron chi connectivity index (χ4n) is 1.92. The van der Waals surface area contributed by atoms with Gasteiger partial charge in [0, 0.05) is 5.56 Å². The topological polar surface area (TPSA) is 50.8 Å². The minimum absolute atomic E-state index is 0.425. The normalized spacial score (nSPS) is 10.6. The highest BCUT2D eigenvalue weighted by atomic mass is 16.5. The van der Waals surface area contributed by atoms with Crippen LogP contribution in [0.5, 0.6) is 0 Å². The number of hydrogen-bond donors (Lipinski definition) is 1. The van der Waals surface area contributed by atoms with E-state index in [0.29, 0.717) is 19.0 Å². The van der Waals surface area contributed by atoms with Crippen molar-refractivity contribution in [2.75, 3.05) is 0 Å². The Balaban J connectivity index is 1.58. The van der Waals surface area contributed by atoms with Gasteiger partial charge in [0.15, 0.2) is 11.6 Å². The van der Waals surface area contributed by atoms with Gasteiger partial charge in [0.05, 0.1) is 6.61 Å². The molecule has 4 nitrogen and oxygen atoms in total. The third kappa shape index (κ3) is 3.10. The van der Waals surface area contributed by atoms with E-state index in [0.717, 1.165) is 17.0 Å². The van der Waals surface area contributed by atoms with Gasteiger partial charge in [-0.1, -0.05) is 60.7 Å². The summed E-state index contributed by atoms with van der Waals surface area (Å²) in [6, 6.07) is 19.9. The maximum Gasteiger partial charge on any atom is 0.181 e. The second-order valence-electron chi connectivity index (χ2n) is 4.45. The summed E-state index contributed by atoms with van der Waals surface area (Å²) < 4.78 is 5.62. The third-order valence-electron chi connectivity index (χ3n) is 2.91. The standard InChI is InChI=1S/C16H15N3O/c1-3-7-13(8-4-1)11-20-12-15-17-16(19-18-15)14-9-5-2-6-10-14/h1-10H,11-12H2,(H,17,18,19). The van der Waals surface area contributed by atoms with Gasteiger partial charge in [-0.15, -0.1) is 0 Å². The first-order valence-corrected chi connectivity index (χ1v) is 6.50. The Morgan fingerprint density at radius 2 is 1.55 bits per heavy atom. The van der Waals surface area contributed by atoms with Gasteiger partial charge < -0.3 is 4.74 Å². The van der Waals surface area contributed by atoms with Crippen molar-refractivity contribution >= 4 is 0 Å². The molecule has 0 aliphatic carbocycles. The van der Waals surface area contributed by atoms with Crippen molar-refractivity contribution in [3.05, 3.63) is 72.1 Å². The van der Waals surface area contributed by atoms with Gasteiger partial charge in [-0.25, -0.2) is 4.98 Å². The molecule has 3 rings (SSSR count). The van der Waals surface area contributed by atoms with Crippen LogP contribution in [-0.4, -0.2) is 15.2 Å². The Kier molecular flexibility index (Phi) is 3.85. The lowest BCUT2D eigenvalue weighted by Gasteiger charge is -2.01. The molecule has 0 spiro atoms. The molecular weight excluding hydrogens is 250 g/mol. The largest absolute Gasteiger partial charge is 0.369 e. The number of H-pyrrole nitrogens is 1. The smallest absolute Gasteiger partial charge is 0.181 e. The second kappa shape index (κ2) is 6.12. The monoisotopic (exact) mass is 265 g/mol. The van der Waals surface area contributed by atoms with E-state index in [1.165, 1.54) is 0 Å². The molecule has 0 amide bonds. The van der Waals surface area contributed by atoms with Gasteiger partial charge in [-0.2, -0.15) is 5.10 Å². The summed E-state index contributed by atoms with van der Waals surface area (Å²) in [5, 5.41) is 7.10. The second-order valence-corrected chi connectivity index (χ2v) is 4.45. The summed E-state index contributed by atoms with van der Waals surface area (Å²) in [7, 11) is 0. The Hall–Kier alpha value is -2.46. The van der Waals surface area contributed by atoms with Crippen LogP contribution in [0.4, 0.5) is 0 Å². The average Bonchev–Trinajstić information content (AvgIpc) is 2.98. The molecule has 1 aromatic heterocycles. The van der Waals surface area contributed by atoms with Crippen molar-refractivity contribution < 1.29 is 4.74 Å². The molecule has 3 aromatic rings. The molecule has 0 saturated carbocycles. The minimum Gasteiger partial charge on any atom is -0.369 e. The third-order valence-corrected chi connectivity index (χ3v) is 2.91. The zero-order chi connectivity index (χ0) is 13.6. The number of hydrogen-bond acceptors (Lipinski definition) is 3. The highest BCUT2D eigenvalue weighted by Crippen LogP contribution is 2.13. The van der Waals surface area contributed by atoms with Gasteiger partial charge in [0.2, 0.25) is 0 Å². The maximum absolute atomic E-state index is 5.62. The molecule has 1 heterocycles. The summed E-state index contributed by atoms with van der Waals surface area (Å²) in [4.78, 5) is 4.42. The Labute approximate surface area is 117 Å². The van der Waals surface area contributed by atoms with Crippen LogP contribution in [0.1, 0.15) is 11.4 Å². The van der Waals surface area contributed by atoms with Gasteiger partial charge in [-0.05, 0) is 5.56 Å². The van der Waals surface area contributed by atoms with Crippen molar-refractivity contribution in [2.45, 2.75) is 13.2 Å². The molecular formula is C16H15N3O. The van der Waals surface area contributed by atoms with Crippen LogP contribution in [0, 0.1) is 0 Å². The number of aromatic nitrogens is 3. The van der Waals surface area contributed by atoms with Crippen molar-refractivity contribution in [3.8, 4) is 11.4 Å². The van der Waals surface area contributed by atoms with Crippen LogP contribution in [0.25, 0.3) is 11.4 Å². The van der Waals surface area contributed by atoms with Crippen LogP contribution >= 0.6 is 0 Å². The van der Waals surface area contributed by atoms with Crippen LogP contribution in [0.15, 0.2) is 60.7 Å². The van der Waals surface area contributed by atoms with Crippen LogP contribution in [-0.2, 0) is 18.0 Å². The molecule has 0 fully saturated rings. The summed E-state index contributed by atoms with van der Waals surface area (Å²) in [5.41, 5.74) is 2.15. The Morgan fingerprint density at radius 1 is 0.850 bits per heavy atom. The quantitative estimate of drug-likeness (QED) is 0.770. The predicted octanol–water partition coefficient (Wildman–Crippen LogP) is 3.19. The summed E-state index contributed by atoms with van der Waals surface area (Å²) in [5.74, 6) is 1.43. The van der Waals surface area contributed by atoms with Gasteiger partial charge >= 0.3 is 0 Å². The molecule has 0 saturated heterocycles. The lowest BCUT2D eigenvalue weighted by molar-refractivity contribution is 0.102. The number of ether oxygens (including phenoxy) is 1. The Bertz CT molecular complexity index is 650. The Morgan fingerprint density at radius 3 is 2.30 bits per heavy atom. The lowest BCUT2D eigenvalue weighted by atomic mass is 10.2. The van der Waals surface area contributed by atoms with E-state index < -0.39 is 0 Å². The summed E-state index contributed by atoms with van der Waals surface area (Å²) in [6.07, 6.45) is 0. The first-order chi connectivity index (χ1) is 9.92. The van der Waals surface area contributed by atoms with Gasteiger partial charge in [0.1, 0.15) is 6.61 Å². The molecule has 0 aliphatic rings. The molecule has 2 aromatic carbocycles. The van der Waals surface area contributed by atoms with Crippen molar-refractivity contribution in [1.82, 2.24) is 15.2 Å². The molecule has 0 aliphatic heterocycles. The number of nitrogens with zero attached hydrogens (tertiary/aromatic N) is 2. The fourth-order valence-corrected chi connectivity index (χ4v) is 1.92. The lowest BCUT2D eigenvalue weighted by Crippen LogP contribution is -1.95. The molecule has 0 atom stereocenters. The summed E-state index contributed by atoms with van der Waals surface area (Å²) in [6.45, 7) is 0.997. The molecule has 1 N–H and O–H groups in total. The molecule has 100 valence electrons. The highest BCUT2D eigenvalue weighted by molar-refractivity contribution is 5.53. The number of rotatable bonds is 5. The zero-order valence-corrected chi connectivity index (χ0v) is 11.0. The van der Waals surface area contributed by atoms with E-state index in [9.17, 15) is 0 Å². The van der Waals surface area contributed by atoms with Crippen LogP contribution in [0.2, 0.25) is 0 Å². The SMILES string of the molecule is c1ccc(COCc2nc(-c3ccccc3)n[nH]2)cc1. The number of aromatic amines is 1. The zero-order valence-electron chi connectivity index (χ0n) is 11.0. The molecule has 0 unspecified atom stereocenters. The number of benzene rings is 2. The molecule has 4 heteroatoms. The minimum atomic E-state index is 0.425. The predicted molar refractivity (Wildman–Crippen MR) is 76.8 cm³/mol. The van der Waals surface area contributed by atoms with Crippen molar-refractivity contribution in [1.29, 1.82) is 0 Å². The van der Waals surface area contributed by atoms with Crippen molar-refractivity contribution in [3.63, 3.8) is 0 Å². The average molecular weight is 265 g/mol. The molecule has 20 heavy (non-hydrogen) atoms.